The van der Waals surface area contributed by atoms with E-state index in [4.69, 9.17) is 21.1 Å². The molecule has 0 aromatic heterocycles. The molecule has 130 valence electrons. The Balaban J connectivity index is 2.80. The van der Waals surface area contributed by atoms with Gasteiger partial charge in [-0.25, -0.2) is 4.99 Å². The zero-order valence-corrected chi connectivity index (χ0v) is 15.5. The predicted octanol–water partition coefficient (Wildman–Crippen LogP) is 3.22. The molecule has 0 saturated heterocycles. The molecule has 0 unspecified atom stereocenters. The van der Waals surface area contributed by atoms with E-state index in [0.717, 1.165) is 23.8 Å². The first-order valence-corrected chi connectivity index (χ1v) is 8.28. The van der Waals surface area contributed by atoms with Gasteiger partial charge in [0.15, 0.2) is 5.96 Å². The summed E-state index contributed by atoms with van der Waals surface area (Å²) in [6, 6.07) is 5.62. The van der Waals surface area contributed by atoms with Gasteiger partial charge in [-0.15, -0.1) is 0 Å². The summed E-state index contributed by atoms with van der Waals surface area (Å²) in [4.78, 5) is 4.61. The molecule has 0 radical (unpaired) electrons. The Hall–Kier alpha value is -1.46. The molecule has 0 aliphatic rings. The van der Waals surface area contributed by atoms with Crippen molar-refractivity contribution in [2.24, 2.45) is 4.99 Å². The summed E-state index contributed by atoms with van der Waals surface area (Å²) in [6.07, 6.45) is 0. The summed E-state index contributed by atoms with van der Waals surface area (Å²) < 4.78 is 11.0. The first kappa shape index (κ1) is 19.6. The molecular formula is C17H28ClN3O2. The van der Waals surface area contributed by atoms with Gasteiger partial charge in [0.25, 0.3) is 0 Å². The minimum atomic E-state index is -0.257. The van der Waals surface area contributed by atoms with Gasteiger partial charge in [0.05, 0.1) is 18.8 Å². The Morgan fingerprint density at radius 2 is 2.00 bits per heavy atom. The summed E-state index contributed by atoms with van der Waals surface area (Å²) in [5.41, 5.74) is 0.742. The molecule has 0 amide bonds. The average Bonchev–Trinajstić information content (AvgIpc) is 2.52. The van der Waals surface area contributed by atoms with Gasteiger partial charge in [-0.3, -0.25) is 0 Å². The zero-order valence-electron chi connectivity index (χ0n) is 14.7. The van der Waals surface area contributed by atoms with E-state index in [2.05, 4.69) is 15.6 Å². The molecule has 1 rings (SSSR count). The van der Waals surface area contributed by atoms with Crippen molar-refractivity contribution in [2.45, 2.75) is 39.8 Å². The molecule has 6 heteroatoms. The van der Waals surface area contributed by atoms with Crippen molar-refractivity contribution in [1.82, 2.24) is 10.6 Å². The molecule has 0 heterocycles. The Kier molecular flexibility index (Phi) is 8.20. The van der Waals surface area contributed by atoms with E-state index >= 15 is 0 Å². The van der Waals surface area contributed by atoms with Crippen LogP contribution in [0.2, 0.25) is 5.02 Å². The maximum Gasteiger partial charge on any atom is 0.191 e. The number of halogens is 1. The lowest BCUT2D eigenvalue weighted by Gasteiger charge is -2.24. The smallest absolute Gasteiger partial charge is 0.191 e. The zero-order chi connectivity index (χ0) is 17.3. The molecule has 0 saturated carbocycles. The van der Waals surface area contributed by atoms with Crippen LogP contribution in [0.1, 0.15) is 33.3 Å². The second-order valence-corrected chi connectivity index (χ2v) is 6.13. The first-order chi connectivity index (χ1) is 10.9. The first-order valence-electron chi connectivity index (χ1n) is 7.90. The average molecular weight is 342 g/mol. The number of nitrogens with zero attached hydrogens (tertiary/aromatic N) is 1. The van der Waals surface area contributed by atoms with Crippen LogP contribution in [0.25, 0.3) is 0 Å². The highest BCUT2D eigenvalue weighted by Crippen LogP contribution is 2.24. The number of nitrogens with one attached hydrogen (secondary N) is 2. The number of methoxy groups -OCH3 is 1. The molecule has 1 aromatic rings. The van der Waals surface area contributed by atoms with Gasteiger partial charge >= 0.3 is 0 Å². The Morgan fingerprint density at radius 1 is 1.26 bits per heavy atom. The molecule has 0 bridgehead atoms. The monoisotopic (exact) mass is 341 g/mol. The normalized spacial score (nSPS) is 12.2. The van der Waals surface area contributed by atoms with Crippen molar-refractivity contribution in [3.63, 3.8) is 0 Å². The van der Waals surface area contributed by atoms with Crippen molar-refractivity contribution in [3.8, 4) is 5.75 Å². The van der Waals surface area contributed by atoms with Crippen molar-refractivity contribution in [3.05, 3.63) is 28.8 Å². The summed E-state index contributed by atoms with van der Waals surface area (Å²) in [5, 5.41) is 7.18. The fourth-order valence-corrected chi connectivity index (χ4v) is 1.99. The summed E-state index contributed by atoms with van der Waals surface area (Å²) >= 11 is 6.03. The van der Waals surface area contributed by atoms with Crippen LogP contribution in [0, 0.1) is 0 Å². The lowest BCUT2D eigenvalue weighted by Crippen LogP contribution is -2.45. The van der Waals surface area contributed by atoms with Crippen LogP contribution < -0.4 is 15.4 Å². The number of aliphatic imine (C=N–C) groups is 1. The van der Waals surface area contributed by atoms with Gasteiger partial charge in [-0.05, 0) is 39.8 Å². The Morgan fingerprint density at radius 3 is 2.61 bits per heavy atom. The number of benzene rings is 1. The molecule has 23 heavy (non-hydrogen) atoms. The third kappa shape index (κ3) is 7.10. The molecule has 5 nitrogen and oxygen atoms in total. The SMILES string of the molecule is CCNC(=NCc1ccc(Cl)cc1OCC)NCC(C)(C)OC. The van der Waals surface area contributed by atoms with Crippen LogP contribution in [-0.2, 0) is 11.3 Å². The number of guanidine groups is 1. The van der Waals surface area contributed by atoms with Crippen LogP contribution in [0.3, 0.4) is 0 Å². The Bertz CT molecular complexity index is 519. The van der Waals surface area contributed by atoms with Crippen molar-refractivity contribution in [1.29, 1.82) is 0 Å². The maximum atomic E-state index is 6.03. The van der Waals surface area contributed by atoms with Gasteiger partial charge in [-0.2, -0.15) is 0 Å². The minimum absolute atomic E-state index is 0.257. The van der Waals surface area contributed by atoms with E-state index in [1.54, 1.807) is 7.11 Å². The molecule has 0 fully saturated rings. The second-order valence-electron chi connectivity index (χ2n) is 5.70. The highest BCUT2D eigenvalue weighted by atomic mass is 35.5. The fraction of sp³-hybridized carbons (Fsp3) is 0.588. The fourth-order valence-electron chi connectivity index (χ4n) is 1.82. The van der Waals surface area contributed by atoms with Crippen molar-refractivity contribution < 1.29 is 9.47 Å². The van der Waals surface area contributed by atoms with Crippen LogP contribution in [0.15, 0.2) is 23.2 Å². The quantitative estimate of drug-likeness (QED) is 0.563. The van der Waals surface area contributed by atoms with E-state index in [9.17, 15) is 0 Å². The summed E-state index contributed by atoms with van der Waals surface area (Å²) in [7, 11) is 1.70. The largest absolute Gasteiger partial charge is 0.493 e. The summed E-state index contributed by atoms with van der Waals surface area (Å²) in [6.45, 7) is 10.6. The van der Waals surface area contributed by atoms with Crippen molar-refractivity contribution in [2.75, 3.05) is 26.8 Å². The summed E-state index contributed by atoms with van der Waals surface area (Å²) in [5.74, 6) is 1.52. The topological polar surface area (TPSA) is 54.9 Å². The minimum Gasteiger partial charge on any atom is -0.493 e. The Labute approximate surface area is 144 Å². The van der Waals surface area contributed by atoms with Crippen LogP contribution >= 0.6 is 11.6 Å². The third-order valence-electron chi connectivity index (χ3n) is 3.31. The molecular weight excluding hydrogens is 314 g/mol. The number of ether oxygens (including phenoxy) is 2. The highest BCUT2D eigenvalue weighted by molar-refractivity contribution is 6.30. The number of hydrogen-bond acceptors (Lipinski definition) is 3. The molecule has 0 spiro atoms. The maximum absolute atomic E-state index is 6.03. The van der Waals surface area contributed by atoms with E-state index in [1.807, 2.05) is 45.9 Å². The highest BCUT2D eigenvalue weighted by Gasteiger charge is 2.16. The van der Waals surface area contributed by atoms with Gasteiger partial charge in [0.2, 0.25) is 0 Å². The van der Waals surface area contributed by atoms with E-state index in [0.29, 0.717) is 24.7 Å². The number of hydrogen-bond donors (Lipinski definition) is 2. The van der Waals surface area contributed by atoms with Crippen LogP contribution in [-0.4, -0.2) is 38.4 Å². The van der Waals surface area contributed by atoms with E-state index < -0.39 is 0 Å². The molecule has 0 atom stereocenters. The third-order valence-corrected chi connectivity index (χ3v) is 3.55. The van der Waals surface area contributed by atoms with Crippen LogP contribution in [0.4, 0.5) is 0 Å². The van der Waals surface area contributed by atoms with Gasteiger partial charge in [0, 0.05) is 30.8 Å². The molecule has 1 aromatic carbocycles. The number of rotatable bonds is 8. The van der Waals surface area contributed by atoms with E-state index in [-0.39, 0.29) is 5.60 Å². The molecule has 0 aliphatic carbocycles. The molecule has 0 aliphatic heterocycles. The second kappa shape index (κ2) is 9.63. The van der Waals surface area contributed by atoms with Gasteiger partial charge in [0.1, 0.15) is 5.75 Å². The van der Waals surface area contributed by atoms with Crippen LogP contribution in [0.5, 0.6) is 5.75 Å². The molecule has 2 N–H and O–H groups in total. The standard InChI is InChI=1S/C17H28ClN3O2/c1-6-19-16(21-12-17(3,4)22-5)20-11-13-8-9-14(18)10-15(13)23-7-2/h8-10H,6-7,11-12H2,1-5H3,(H2,19,20,21). The van der Waals surface area contributed by atoms with Crippen molar-refractivity contribution >= 4 is 17.6 Å². The predicted molar refractivity (Wildman–Crippen MR) is 96.5 cm³/mol. The van der Waals surface area contributed by atoms with E-state index in [1.165, 1.54) is 0 Å². The van der Waals surface area contributed by atoms with Gasteiger partial charge in [-0.1, -0.05) is 17.7 Å². The lowest BCUT2D eigenvalue weighted by molar-refractivity contribution is 0.0268. The lowest BCUT2D eigenvalue weighted by atomic mass is 10.1. The van der Waals surface area contributed by atoms with Gasteiger partial charge < -0.3 is 20.1 Å².